The molecule has 124 valence electrons. The molecule has 6 heteroatoms. The first-order valence-corrected chi connectivity index (χ1v) is 8.77. The summed E-state index contributed by atoms with van der Waals surface area (Å²) in [5, 5.41) is 0. The number of hydrogen-bond acceptors (Lipinski definition) is 3. The zero-order chi connectivity index (χ0) is 17.0. The molecule has 2 rings (SSSR count). The Morgan fingerprint density at radius 2 is 1.91 bits per heavy atom. The molecule has 0 unspecified atom stereocenters. The third kappa shape index (κ3) is 4.77. The van der Waals surface area contributed by atoms with Gasteiger partial charge in [0.1, 0.15) is 11.6 Å². The van der Waals surface area contributed by atoms with E-state index in [0.717, 1.165) is 11.6 Å². The number of hydrogen-bond donors (Lipinski definition) is 1. The molecule has 2 aromatic rings. The van der Waals surface area contributed by atoms with Gasteiger partial charge in [0.2, 0.25) is 10.0 Å². The number of sulfonamides is 1. The van der Waals surface area contributed by atoms with Gasteiger partial charge in [0.15, 0.2) is 0 Å². The number of halogens is 1. The molecule has 0 fully saturated rings. The Balaban J connectivity index is 2.13. The first kappa shape index (κ1) is 17.4. The van der Waals surface area contributed by atoms with Crippen molar-refractivity contribution in [3.8, 4) is 5.75 Å². The minimum atomic E-state index is -3.70. The largest absolute Gasteiger partial charge is 0.491 e. The van der Waals surface area contributed by atoms with Crippen LogP contribution >= 0.6 is 0 Å². The monoisotopic (exact) mass is 337 g/mol. The molecule has 4 nitrogen and oxygen atoms in total. The van der Waals surface area contributed by atoms with Crippen molar-refractivity contribution in [2.45, 2.75) is 38.3 Å². The molecule has 0 spiro atoms. The highest BCUT2D eigenvalue weighted by molar-refractivity contribution is 7.89. The lowest BCUT2D eigenvalue weighted by molar-refractivity contribution is 0.242. The van der Waals surface area contributed by atoms with Crippen molar-refractivity contribution < 1.29 is 17.5 Å². The lowest BCUT2D eigenvalue weighted by Gasteiger charge is -2.12. The van der Waals surface area contributed by atoms with Gasteiger partial charge in [-0.05, 0) is 62.2 Å². The van der Waals surface area contributed by atoms with Crippen LogP contribution in [0.5, 0.6) is 5.75 Å². The van der Waals surface area contributed by atoms with Gasteiger partial charge in [0.25, 0.3) is 0 Å². The van der Waals surface area contributed by atoms with Crippen LogP contribution < -0.4 is 9.46 Å². The molecular formula is C17H20FNO3S. The molecule has 23 heavy (non-hydrogen) atoms. The molecule has 0 heterocycles. The van der Waals surface area contributed by atoms with E-state index in [1.54, 1.807) is 13.0 Å². The highest BCUT2D eigenvalue weighted by Crippen LogP contribution is 2.18. The van der Waals surface area contributed by atoms with Crippen molar-refractivity contribution in [3.05, 3.63) is 59.4 Å². The number of aryl methyl sites for hydroxylation is 1. The average Bonchev–Trinajstić information content (AvgIpc) is 2.44. The van der Waals surface area contributed by atoms with Crippen molar-refractivity contribution in [2.24, 2.45) is 0 Å². The van der Waals surface area contributed by atoms with Crippen LogP contribution in [0.4, 0.5) is 4.39 Å². The van der Waals surface area contributed by atoms with Gasteiger partial charge < -0.3 is 4.74 Å². The van der Waals surface area contributed by atoms with Crippen molar-refractivity contribution in [3.63, 3.8) is 0 Å². The molecule has 0 saturated heterocycles. The fraction of sp³-hybridized carbons (Fsp3) is 0.294. The maximum absolute atomic E-state index is 13.1. The molecule has 1 N–H and O–H groups in total. The van der Waals surface area contributed by atoms with E-state index < -0.39 is 15.8 Å². The Labute approximate surface area is 136 Å². The molecule has 0 saturated carbocycles. The normalized spacial score (nSPS) is 11.7. The molecule has 0 atom stereocenters. The highest BCUT2D eigenvalue weighted by Gasteiger charge is 2.17. The second-order valence-electron chi connectivity index (χ2n) is 5.55. The Kier molecular flexibility index (Phi) is 5.38. The lowest BCUT2D eigenvalue weighted by atomic mass is 10.2. The van der Waals surface area contributed by atoms with E-state index in [9.17, 15) is 12.8 Å². The maximum Gasteiger partial charge on any atom is 0.241 e. The third-order valence-electron chi connectivity index (χ3n) is 3.16. The van der Waals surface area contributed by atoms with Gasteiger partial charge in [-0.15, -0.1) is 0 Å². The van der Waals surface area contributed by atoms with Crippen LogP contribution in [0.1, 0.15) is 25.0 Å². The van der Waals surface area contributed by atoms with Crippen LogP contribution in [0.15, 0.2) is 47.4 Å². The zero-order valence-electron chi connectivity index (χ0n) is 13.3. The van der Waals surface area contributed by atoms with E-state index in [2.05, 4.69) is 4.72 Å². The molecule has 2 aromatic carbocycles. The standard InChI is InChI=1S/C17H20FNO3S/c1-12(2)22-16-6-4-5-14(10-16)11-19-23(20,21)17-8-7-15(18)9-13(17)3/h4-10,12,19H,11H2,1-3H3. The van der Waals surface area contributed by atoms with E-state index in [0.29, 0.717) is 11.3 Å². The van der Waals surface area contributed by atoms with Crippen LogP contribution in [-0.4, -0.2) is 14.5 Å². The summed E-state index contributed by atoms with van der Waals surface area (Å²) in [7, 11) is -3.70. The van der Waals surface area contributed by atoms with E-state index >= 15 is 0 Å². The van der Waals surface area contributed by atoms with Crippen LogP contribution in [0.2, 0.25) is 0 Å². The Hall–Kier alpha value is -1.92. The second kappa shape index (κ2) is 7.10. The molecule has 0 aliphatic heterocycles. The summed E-state index contributed by atoms with van der Waals surface area (Å²) in [6, 6.07) is 10.8. The van der Waals surface area contributed by atoms with Gasteiger partial charge in [-0.1, -0.05) is 12.1 Å². The highest BCUT2D eigenvalue weighted by atomic mass is 32.2. The maximum atomic E-state index is 13.1. The topological polar surface area (TPSA) is 55.4 Å². The van der Waals surface area contributed by atoms with E-state index in [-0.39, 0.29) is 17.5 Å². The van der Waals surface area contributed by atoms with Crippen LogP contribution in [0, 0.1) is 12.7 Å². The predicted octanol–water partition coefficient (Wildman–Crippen LogP) is 3.40. The van der Waals surface area contributed by atoms with Crippen molar-refractivity contribution in [1.82, 2.24) is 4.72 Å². The van der Waals surface area contributed by atoms with Gasteiger partial charge in [-0.25, -0.2) is 17.5 Å². The summed E-state index contributed by atoms with van der Waals surface area (Å²) in [6.07, 6.45) is 0.0452. The first-order chi connectivity index (χ1) is 10.8. The van der Waals surface area contributed by atoms with Gasteiger partial charge in [-0.3, -0.25) is 0 Å². The van der Waals surface area contributed by atoms with Crippen LogP contribution in [-0.2, 0) is 16.6 Å². The smallest absolute Gasteiger partial charge is 0.241 e. The Morgan fingerprint density at radius 3 is 2.57 bits per heavy atom. The van der Waals surface area contributed by atoms with E-state index in [1.807, 2.05) is 32.0 Å². The predicted molar refractivity (Wildman–Crippen MR) is 87.4 cm³/mol. The molecule has 0 aliphatic carbocycles. The van der Waals surface area contributed by atoms with Gasteiger partial charge in [0, 0.05) is 6.54 Å². The number of rotatable bonds is 6. The van der Waals surface area contributed by atoms with Crippen molar-refractivity contribution >= 4 is 10.0 Å². The first-order valence-electron chi connectivity index (χ1n) is 7.29. The summed E-state index contributed by atoms with van der Waals surface area (Å²) >= 11 is 0. The molecule has 0 aliphatic rings. The fourth-order valence-electron chi connectivity index (χ4n) is 2.17. The molecule has 0 aromatic heterocycles. The van der Waals surface area contributed by atoms with Gasteiger partial charge in [0.05, 0.1) is 11.0 Å². The lowest BCUT2D eigenvalue weighted by Crippen LogP contribution is -2.24. The molecular weight excluding hydrogens is 317 g/mol. The number of ether oxygens (including phenoxy) is 1. The number of nitrogens with one attached hydrogen (secondary N) is 1. The van der Waals surface area contributed by atoms with Crippen LogP contribution in [0.3, 0.4) is 0 Å². The van der Waals surface area contributed by atoms with E-state index in [1.165, 1.54) is 12.1 Å². The average molecular weight is 337 g/mol. The summed E-state index contributed by atoms with van der Waals surface area (Å²) in [5.41, 5.74) is 1.15. The Morgan fingerprint density at radius 1 is 1.17 bits per heavy atom. The van der Waals surface area contributed by atoms with Crippen molar-refractivity contribution in [2.75, 3.05) is 0 Å². The van der Waals surface area contributed by atoms with E-state index in [4.69, 9.17) is 4.74 Å². The summed E-state index contributed by atoms with van der Waals surface area (Å²) in [5.74, 6) is 0.231. The summed E-state index contributed by atoms with van der Waals surface area (Å²) in [4.78, 5) is 0.0773. The van der Waals surface area contributed by atoms with Gasteiger partial charge in [-0.2, -0.15) is 0 Å². The minimum Gasteiger partial charge on any atom is -0.491 e. The molecule has 0 bridgehead atoms. The van der Waals surface area contributed by atoms with Crippen molar-refractivity contribution in [1.29, 1.82) is 0 Å². The van der Waals surface area contributed by atoms with Crippen LogP contribution in [0.25, 0.3) is 0 Å². The third-order valence-corrected chi connectivity index (χ3v) is 4.72. The fourth-order valence-corrected chi connectivity index (χ4v) is 3.41. The zero-order valence-corrected chi connectivity index (χ0v) is 14.2. The molecule has 0 amide bonds. The number of benzene rings is 2. The summed E-state index contributed by atoms with van der Waals surface area (Å²) < 4.78 is 45.9. The quantitative estimate of drug-likeness (QED) is 0.879. The Bertz CT molecular complexity index is 788. The summed E-state index contributed by atoms with van der Waals surface area (Å²) in [6.45, 7) is 5.54. The SMILES string of the molecule is Cc1cc(F)ccc1S(=O)(=O)NCc1cccc(OC(C)C)c1. The van der Waals surface area contributed by atoms with Gasteiger partial charge >= 0.3 is 0 Å². The minimum absolute atomic E-state index is 0.0452. The molecule has 0 radical (unpaired) electrons. The second-order valence-corrected chi connectivity index (χ2v) is 7.28.